The van der Waals surface area contributed by atoms with Gasteiger partial charge in [0, 0.05) is 36.2 Å². The van der Waals surface area contributed by atoms with Gasteiger partial charge < -0.3 is 19.9 Å². The number of halogens is 4. The number of ether oxygens (including phenoxy) is 1. The number of hydrogen-bond donors (Lipinski definition) is 1. The number of benzene rings is 3. The summed E-state index contributed by atoms with van der Waals surface area (Å²) in [6.45, 7) is 1.55. The van der Waals surface area contributed by atoms with Crippen LogP contribution in [0.3, 0.4) is 0 Å². The minimum absolute atomic E-state index is 0.0567. The van der Waals surface area contributed by atoms with Crippen molar-refractivity contribution in [2.24, 2.45) is 0 Å². The highest BCUT2D eigenvalue weighted by molar-refractivity contribution is 6.35. The van der Waals surface area contributed by atoms with E-state index in [4.69, 9.17) is 39.5 Å². The number of nitrogens with one attached hydrogen (secondary N) is 1. The highest BCUT2D eigenvalue weighted by Gasteiger charge is 2.25. The molecule has 0 atom stereocenters. The number of amides is 2. The quantitative estimate of drug-likeness (QED) is 0.435. The molecule has 1 saturated heterocycles. The van der Waals surface area contributed by atoms with Crippen LogP contribution in [-0.4, -0.2) is 49.5 Å². The molecule has 4 rings (SSSR count). The lowest BCUT2D eigenvalue weighted by Crippen LogP contribution is -2.49. The van der Waals surface area contributed by atoms with Crippen molar-refractivity contribution in [2.75, 3.05) is 43.0 Å². The van der Waals surface area contributed by atoms with Crippen LogP contribution in [-0.2, 0) is 4.79 Å². The fourth-order valence-electron chi connectivity index (χ4n) is 3.76. The summed E-state index contributed by atoms with van der Waals surface area (Å²) in [5.41, 5.74) is 1.33. The molecule has 3 aromatic carbocycles. The number of nitrogens with zero attached hydrogens (tertiary/aromatic N) is 2. The summed E-state index contributed by atoms with van der Waals surface area (Å²) in [7, 11) is 0. The Hall–Kier alpha value is -3.00. The minimum Gasteiger partial charge on any atom is -0.482 e. The minimum atomic E-state index is -0.537. The fourth-order valence-corrected chi connectivity index (χ4v) is 4.40. The third-order valence-corrected chi connectivity index (χ3v) is 6.26. The Morgan fingerprint density at radius 2 is 1.60 bits per heavy atom. The summed E-state index contributed by atoms with van der Waals surface area (Å²) in [5, 5.41) is 4.05. The van der Waals surface area contributed by atoms with E-state index in [0.29, 0.717) is 52.7 Å². The Bertz CT molecular complexity index is 1250. The third-order valence-electron chi connectivity index (χ3n) is 5.50. The van der Waals surface area contributed by atoms with Gasteiger partial charge in [-0.1, -0.05) is 46.9 Å². The van der Waals surface area contributed by atoms with E-state index in [-0.39, 0.29) is 18.1 Å². The second-order valence-electron chi connectivity index (χ2n) is 7.83. The third kappa shape index (κ3) is 6.17. The highest BCUT2D eigenvalue weighted by atomic mass is 35.5. The molecule has 0 spiro atoms. The number of carbonyl (C=O) groups is 2. The summed E-state index contributed by atoms with van der Waals surface area (Å²) in [5.74, 6) is -0.934. The molecule has 3 aromatic rings. The van der Waals surface area contributed by atoms with Crippen molar-refractivity contribution in [3.05, 3.63) is 87.1 Å². The highest BCUT2D eigenvalue weighted by Crippen LogP contribution is 2.31. The smallest absolute Gasteiger partial charge is 0.262 e. The van der Waals surface area contributed by atoms with Crippen LogP contribution in [0.2, 0.25) is 15.1 Å². The summed E-state index contributed by atoms with van der Waals surface area (Å²) >= 11 is 18.1. The lowest BCUT2D eigenvalue weighted by atomic mass is 10.1. The fraction of sp³-hybridized carbons (Fsp3) is 0.200. The standard InChI is InChI=1S/C25H21Cl3FN3O3/c26-16-6-8-23(19(28)13-16)35-15-24(33)30-21-14-17(27)5-7-22(21)31-9-11-32(12-10-31)25(34)18-3-1-2-4-20(18)29/h1-8,13-14H,9-12,15H2,(H,30,33). The molecule has 2 amide bonds. The lowest BCUT2D eigenvalue weighted by Gasteiger charge is -2.37. The molecule has 1 heterocycles. The predicted octanol–water partition coefficient (Wildman–Crippen LogP) is 5.77. The van der Waals surface area contributed by atoms with Crippen LogP contribution in [0.5, 0.6) is 5.75 Å². The van der Waals surface area contributed by atoms with Crippen molar-refractivity contribution in [1.29, 1.82) is 0 Å². The van der Waals surface area contributed by atoms with Gasteiger partial charge in [0.2, 0.25) is 0 Å². The normalized spacial score (nSPS) is 13.5. The average Bonchev–Trinajstić information content (AvgIpc) is 2.84. The summed E-state index contributed by atoms with van der Waals surface area (Å²) < 4.78 is 19.5. The lowest BCUT2D eigenvalue weighted by molar-refractivity contribution is -0.118. The van der Waals surface area contributed by atoms with Crippen molar-refractivity contribution in [3.8, 4) is 5.75 Å². The topological polar surface area (TPSA) is 61.9 Å². The molecule has 0 saturated carbocycles. The Morgan fingerprint density at radius 1 is 0.914 bits per heavy atom. The van der Waals surface area contributed by atoms with Crippen molar-refractivity contribution in [2.45, 2.75) is 0 Å². The van der Waals surface area contributed by atoms with E-state index in [1.54, 1.807) is 41.3 Å². The van der Waals surface area contributed by atoms with Gasteiger partial charge >= 0.3 is 0 Å². The van der Waals surface area contributed by atoms with Gasteiger partial charge in [0.05, 0.1) is 22.0 Å². The van der Waals surface area contributed by atoms with Crippen LogP contribution in [0, 0.1) is 5.82 Å². The molecule has 182 valence electrons. The zero-order valence-electron chi connectivity index (χ0n) is 18.4. The monoisotopic (exact) mass is 535 g/mol. The van der Waals surface area contributed by atoms with Crippen molar-refractivity contribution in [1.82, 2.24) is 4.90 Å². The van der Waals surface area contributed by atoms with Crippen LogP contribution in [0.15, 0.2) is 60.7 Å². The van der Waals surface area contributed by atoms with Crippen LogP contribution >= 0.6 is 34.8 Å². The van der Waals surface area contributed by atoms with E-state index in [2.05, 4.69) is 5.32 Å². The molecule has 0 aliphatic carbocycles. The molecule has 0 unspecified atom stereocenters. The van der Waals surface area contributed by atoms with Crippen LogP contribution in [0.4, 0.5) is 15.8 Å². The van der Waals surface area contributed by atoms with E-state index >= 15 is 0 Å². The van der Waals surface area contributed by atoms with Gasteiger partial charge in [0.1, 0.15) is 11.6 Å². The number of anilines is 2. The predicted molar refractivity (Wildman–Crippen MR) is 137 cm³/mol. The molecule has 10 heteroatoms. The first kappa shape index (κ1) is 25.1. The molecule has 1 aliphatic heterocycles. The molecule has 1 N–H and O–H groups in total. The van der Waals surface area contributed by atoms with Crippen LogP contribution < -0.4 is 15.0 Å². The Kier molecular flexibility index (Phi) is 8.00. The molecule has 6 nitrogen and oxygen atoms in total. The van der Waals surface area contributed by atoms with Crippen LogP contribution in [0.25, 0.3) is 0 Å². The van der Waals surface area contributed by atoms with Gasteiger partial charge in [-0.15, -0.1) is 0 Å². The van der Waals surface area contributed by atoms with Crippen LogP contribution in [0.1, 0.15) is 10.4 Å². The first-order valence-corrected chi connectivity index (χ1v) is 11.9. The Balaban J connectivity index is 1.40. The van der Waals surface area contributed by atoms with Gasteiger partial charge in [0.15, 0.2) is 6.61 Å². The second kappa shape index (κ2) is 11.2. The number of piperazine rings is 1. The maximum atomic E-state index is 14.0. The Labute approximate surface area is 217 Å². The maximum Gasteiger partial charge on any atom is 0.262 e. The van der Waals surface area contributed by atoms with Gasteiger partial charge in [-0.25, -0.2) is 4.39 Å². The molecule has 0 bridgehead atoms. The first-order chi connectivity index (χ1) is 16.8. The van der Waals surface area contributed by atoms with E-state index in [9.17, 15) is 14.0 Å². The van der Waals surface area contributed by atoms with E-state index in [1.807, 2.05) is 11.0 Å². The molecule has 1 aliphatic rings. The molecule has 0 radical (unpaired) electrons. The van der Waals surface area contributed by atoms with Gasteiger partial charge in [-0.2, -0.15) is 0 Å². The molecular weight excluding hydrogens is 516 g/mol. The molecular formula is C25H21Cl3FN3O3. The van der Waals surface area contributed by atoms with E-state index in [0.717, 1.165) is 5.69 Å². The SMILES string of the molecule is O=C(COc1ccc(Cl)cc1Cl)Nc1cc(Cl)ccc1N1CCN(C(=O)c2ccccc2F)CC1. The Morgan fingerprint density at radius 3 is 2.31 bits per heavy atom. The van der Waals surface area contributed by atoms with E-state index in [1.165, 1.54) is 18.2 Å². The second-order valence-corrected chi connectivity index (χ2v) is 9.11. The summed E-state index contributed by atoms with van der Waals surface area (Å²) in [4.78, 5) is 29.0. The number of carbonyl (C=O) groups excluding carboxylic acids is 2. The molecule has 0 aromatic heterocycles. The number of hydrogen-bond acceptors (Lipinski definition) is 4. The summed E-state index contributed by atoms with van der Waals surface area (Å²) in [6, 6.07) is 15.9. The van der Waals surface area contributed by atoms with Crippen molar-refractivity contribution in [3.63, 3.8) is 0 Å². The van der Waals surface area contributed by atoms with Crippen molar-refractivity contribution >= 4 is 58.0 Å². The van der Waals surface area contributed by atoms with E-state index < -0.39 is 11.7 Å². The molecule has 35 heavy (non-hydrogen) atoms. The summed E-state index contributed by atoms with van der Waals surface area (Å²) in [6.07, 6.45) is 0. The zero-order chi connectivity index (χ0) is 24.9. The first-order valence-electron chi connectivity index (χ1n) is 10.8. The van der Waals surface area contributed by atoms with Gasteiger partial charge in [-0.05, 0) is 48.5 Å². The van der Waals surface area contributed by atoms with Crippen molar-refractivity contribution < 1.29 is 18.7 Å². The average molecular weight is 537 g/mol. The number of rotatable bonds is 6. The zero-order valence-corrected chi connectivity index (χ0v) is 20.7. The van der Waals surface area contributed by atoms with Gasteiger partial charge in [-0.3, -0.25) is 9.59 Å². The largest absolute Gasteiger partial charge is 0.482 e. The maximum absolute atomic E-state index is 14.0. The molecule has 1 fully saturated rings. The van der Waals surface area contributed by atoms with Gasteiger partial charge in [0.25, 0.3) is 11.8 Å².